The number of aliphatic imine (C=N–C) groups is 1. The molecule has 4 nitrogen and oxygen atoms in total. The Labute approximate surface area is 113 Å². The number of carbonyl (C=O) groups excluding carboxylic acids is 1. The minimum Gasteiger partial charge on any atom is -0.483 e. The van der Waals surface area contributed by atoms with Gasteiger partial charge in [0, 0.05) is 0 Å². The second-order valence-electron chi connectivity index (χ2n) is 6.29. The zero-order chi connectivity index (χ0) is 13.6. The van der Waals surface area contributed by atoms with Gasteiger partial charge in [0.1, 0.15) is 24.7 Å². The molecule has 0 atom stereocenters. The van der Waals surface area contributed by atoms with Gasteiger partial charge in [0.15, 0.2) is 0 Å². The number of rotatable bonds is 1. The summed E-state index contributed by atoms with van der Waals surface area (Å²) >= 11 is 0. The van der Waals surface area contributed by atoms with Crippen molar-refractivity contribution in [1.82, 2.24) is 0 Å². The van der Waals surface area contributed by atoms with Gasteiger partial charge in [-0.3, -0.25) is 14.7 Å². The van der Waals surface area contributed by atoms with Gasteiger partial charge >= 0.3 is 0 Å². The molecule has 0 aromatic heterocycles. The highest BCUT2D eigenvalue weighted by molar-refractivity contribution is 6.23. The monoisotopic (exact) mass is 258 g/mol. The van der Waals surface area contributed by atoms with Crippen molar-refractivity contribution in [2.45, 2.75) is 27.2 Å². The number of benzene rings is 1. The summed E-state index contributed by atoms with van der Waals surface area (Å²) in [5, 5.41) is 0. The van der Waals surface area contributed by atoms with Crippen LogP contribution in [0.25, 0.3) is 0 Å². The van der Waals surface area contributed by atoms with Crippen LogP contribution in [0.15, 0.2) is 23.2 Å². The lowest BCUT2D eigenvalue weighted by molar-refractivity contribution is -0.115. The fourth-order valence-electron chi connectivity index (χ4n) is 2.55. The molecule has 2 heterocycles. The summed E-state index contributed by atoms with van der Waals surface area (Å²) in [6.07, 6.45) is 0.967. The first kappa shape index (κ1) is 12.2. The number of hydrogen-bond donors (Lipinski definition) is 0. The van der Waals surface area contributed by atoms with E-state index in [2.05, 4.69) is 37.9 Å². The number of fused-ring (bicyclic) bond motifs is 3. The first-order valence-corrected chi connectivity index (χ1v) is 6.56. The summed E-state index contributed by atoms with van der Waals surface area (Å²) in [6, 6.07) is 6.09. The molecule has 1 aromatic rings. The summed E-state index contributed by atoms with van der Waals surface area (Å²) in [7, 11) is 0. The molecule has 4 heteroatoms. The Balaban J connectivity index is 1.99. The van der Waals surface area contributed by atoms with Gasteiger partial charge in [-0.25, -0.2) is 0 Å². The molecule has 2 aliphatic heterocycles. The van der Waals surface area contributed by atoms with E-state index >= 15 is 0 Å². The average molecular weight is 258 g/mol. The van der Waals surface area contributed by atoms with Crippen molar-refractivity contribution in [2.24, 2.45) is 10.4 Å². The van der Waals surface area contributed by atoms with E-state index in [0.29, 0.717) is 6.61 Å². The standard InChI is InChI=1S/C15H18N2O2/c1-15(2,3)7-10-4-5-12-11(6-10)17-13(9-19-12)16-8-14(17)18/h4-6H,7-9H2,1-3H3. The van der Waals surface area contributed by atoms with E-state index in [1.807, 2.05) is 6.07 Å². The second-order valence-corrected chi connectivity index (χ2v) is 6.29. The predicted molar refractivity (Wildman–Crippen MR) is 74.9 cm³/mol. The fraction of sp³-hybridized carbons (Fsp3) is 0.467. The molecule has 0 aliphatic carbocycles. The smallest absolute Gasteiger partial charge is 0.254 e. The Kier molecular flexibility index (Phi) is 2.62. The van der Waals surface area contributed by atoms with E-state index in [0.717, 1.165) is 23.7 Å². The zero-order valence-corrected chi connectivity index (χ0v) is 11.6. The third-order valence-electron chi connectivity index (χ3n) is 3.26. The van der Waals surface area contributed by atoms with Gasteiger partial charge in [-0.15, -0.1) is 0 Å². The summed E-state index contributed by atoms with van der Waals surface area (Å²) in [5.41, 5.74) is 2.28. The summed E-state index contributed by atoms with van der Waals surface area (Å²) in [4.78, 5) is 17.8. The number of nitrogens with zero attached hydrogens (tertiary/aromatic N) is 2. The lowest BCUT2D eigenvalue weighted by Crippen LogP contribution is -2.39. The maximum Gasteiger partial charge on any atom is 0.254 e. The van der Waals surface area contributed by atoms with Crippen molar-refractivity contribution in [3.63, 3.8) is 0 Å². The van der Waals surface area contributed by atoms with Gasteiger partial charge in [-0.05, 0) is 29.5 Å². The zero-order valence-electron chi connectivity index (χ0n) is 11.6. The summed E-state index contributed by atoms with van der Waals surface area (Å²) < 4.78 is 5.65. The molecule has 0 saturated heterocycles. The van der Waals surface area contributed by atoms with Crippen molar-refractivity contribution in [1.29, 1.82) is 0 Å². The molecule has 0 N–H and O–H groups in total. The average Bonchev–Trinajstić information content (AvgIpc) is 2.69. The van der Waals surface area contributed by atoms with E-state index < -0.39 is 0 Å². The van der Waals surface area contributed by atoms with Crippen LogP contribution in [0.1, 0.15) is 26.3 Å². The van der Waals surface area contributed by atoms with Crippen LogP contribution in [0.5, 0.6) is 5.75 Å². The molecule has 2 aliphatic rings. The largest absolute Gasteiger partial charge is 0.483 e. The van der Waals surface area contributed by atoms with Crippen molar-refractivity contribution < 1.29 is 9.53 Å². The van der Waals surface area contributed by atoms with Crippen molar-refractivity contribution in [3.05, 3.63) is 23.8 Å². The Morgan fingerprint density at radius 1 is 1.37 bits per heavy atom. The van der Waals surface area contributed by atoms with Crippen LogP contribution in [-0.2, 0) is 11.2 Å². The van der Waals surface area contributed by atoms with Crippen molar-refractivity contribution in [3.8, 4) is 5.75 Å². The second kappa shape index (κ2) is 4.08. The highest BCUT2D eigenvalue weighted by atomic mass is 16.5. The van der Waals surface area contributed by atoms with Gasteiger partial charge in [0.2, 0.25) is 0 Å². The number of anilines is 1. The molecule has 100 valence electrons. The van der Waals surface area contributed by atoms with Crippen LogP contribution in [0, 0.1) is 5.41 Å². The minimum atomic E-state index is 0.0347. The Bertz CT molecular complexity index is 570. The molecule has 1 amide bonds. The van der Waals surface area contributed by atoms with E-state index in [-0.39, 0.29) is 17.9 Å². The van der Waals surface area contributed by atoms with Gasteiger partial charge in [-0.2, -0.15) is 0 Å². The summed E-state index contributed by atoms with van der Waals surface area (Å²) in [5.74, 6) is 1.53. The molecule has 1 aromatic carbocycles. The number of ether oxygens (including phenoxy) is 1. The molecule has 3 rings (SSSR count). The third kappa shape index (κ3) is 2.23. The molecule has 0 saturated carbocycles. The minimum absolute atomic E-state index is 0.0347. The van der Waals surface area contributed by atoms with Crippen LogP contribution in [0.2, 0.25) is 0 Å². The Morgan fingerprint density at radius 3 is 2.89 bits per heavy atom. The quantitative estimate of drug-likeness (QED) is 0.776. The van der Waals surface area contributed by atoms with Crippen LogP contribution in [-0.4, -0.2) is 24.9 Å². The normalized spacial score (nSPS) is 17.7. The predicted octanol–water partition coefficient (Wildman–Crippen LogP) is 2.41. The summed E-state index contributed by atoms with van der Waals surface area (Å²) in [6.45, 7) is 7.24. The van der Waals surface area contributed by atoms with Crippen LogP contribution < -0.4 is 9.64 Å². The first-order valence-electron chi connectivity index (χ1n) is 6.56. The Hall–Kier alpha value is -1.84. The van der Waals surface area contributed by atoms with Crippen LogP contribution >= 0.6 is 0 Å². The van der Waals surface area contributed by atoms with Crippen LogP contribution in [0.4, 0.5) is 5.69 Å². The molecule has 0 fully saturated rings. The maximum absolute atomic E-state index is 11.9. The van der Waals surface area contributed by atoms with Crippen molar-refractivity contribution in [2.75, 3.05) is 18.1 Å². The maximum atomic E-state index is 11.9. The van der Waals surface area contributed by atoms with Gasteiger partial charge in [0.25, 0.3) is 5.91 Å². The SMILES string of the molecule is CC(C)(C)Cc1ccc2c(c1)N1C(=O)CN=C1CO2. The van der Waals surface area contributed by atoms with Gasteiger partial charge < -0.3 is 4.74 Å². The molecule has 0 radical (unpaired) electrons. The van der Waals surface area contributed by atoms with E-state index in [1.54, 1.807) is 4.90 Å². The highest BCUT2D eigenvalue weighted by Gasteiger charge is 2.33. The number of carbonyl (C=O) groups is 1. The molecule has 0 bridgehead atoms. The van der Waals surface area contributed by atoms with E-state index in [4.69, 9.17) is 4.74 Å². The van der Waals surface area contributed by atoms with E-state index in [9.17, 15) is 4.79 Å². The number of hydrogen-bond acceptors (Lipinski definition) is 3. The Morgan fingerprint density at radius 2 is 2.16 bits per heavy atom. The van der Waals surface area contributed by atoms with Gasteiger partial charge in [-0.1, -0.05) is 26.8 Å². The fourth-order valence-corrected chi connectivity index (χ4v) is 2.55. The highest BCUT2D eigenvalue weighted by Crippen LogP contribution is 2.36. The lowest BCUT2D eigenvalue weighted by atomic mass is 9.88. The third-order valence-corrected chi connectivity index (χ3v) is 3.26. The topological polar surface area (TPSA) is 41.9 Å². The molecule has 0 spiro atoms. The molecular formula is C15H18N2O2. The number of amidine groups is 1. The molecule has 19 heavy (non-hydrogen) atoms. The molecule has 0 unspecified atom stereocenters. The van der Waals surface area contributed by atoms with Gasteiger partial charge in [0.05, 0.1) is 5.69 Å². The van der Waals surface area contributed by atoms with E-state index in [1.165, 1.54) is 5.56 Å². The van der Waals surface area contributed by atoms with Crippen molar-refractivity contribution >= 4 is 17.4 Å². The first-order chi connectivity index (χ1) is 8.94. The van der Waals surface area contributed by atoms with Crippen LogP contribution in [0.3, 0.4) is 0 Å². The lowest BCUT2D eigenvalue weighted by Gasteiger charge is -2.28. The molecular weight excluding hydrogens is 240 g/mol. The number of amides is 1.